The van der Waals surface area contributed by atoms with Crippen molar-refractivity contribution in [2.24, 2.45) is 0 Å². The topological polar surface area (TPSA) is 71.1 Å². The summed E-state index contributed by atoms with van der Waals surface area (Å²) in [6.45, 7) is 2.66. The van der Waals surface area contributed by atoms with Crippen LogP contribution in [0, 0.1) is 0 Å². The van der Waals surface area contributed by atoms with E-state index in [0.717, 1.165) is 6.42 Å². The van der Waals surface area contributed by atoms with Crippen LogP contribution in [0.5, 0.6) is 0 Å². The number of hydrogen-bond acceptors (Lipinski definition) is 4. The number of sulfonamides is 1. The first-order valence-corrected chi connectivity index (χ1v) is 8.78. The molecule has 0 spiro atoms. The summed E-state index contributed by atoms with van der Waals surface area (Å²) in [5.41, 5.74) is 0.489. The Labute approximate surface area is 133 Å². The first kappa shape index (κ1) is 15.8. The fraction of sp³-hybridized carbons (Fsp3) is 0.214. The lowest BCUT2D eigenvalue weighted by Gasteiger charge is -2.13. The molecule has 0 saturated carbocycles. The van der Waals surface area contributed by atoms with Gasteiger partial charge in [0.1, 0.15) is 10.7 Å². The van der Waals surface area contributed by atoms with E-state index in [9.17, 15) is 8.42 Å². The first-order valence-electron chi connectivity index (χ1n) is 6.51. The van der Waals surface area contributed by atoms with Crippen molar-refractivity contribution in [2.75, 3.05) is 16.6 Å². The summed E-state index contributed by atoms with van der Waals surface area (Å²) in [6.07, 6.45) is 2.45. The molecular weight excluding hydrogens is 354 g/mol. The Morgan fingerprint density at radius 1 is 1.19 bits per heavy atom. The van der Waals surface area contributed by atoms with Crippen LogP contribution in [0.2, 0.25) is 0 Å². The van der Waals surface area contributed by atoms with Crippen LogP contribution in [-0.4, -0.2) is 19.9 Å². The maximum absolute atomic E-state index is 12.5. The molecule has 112 valence electrons. The van der Waals surface area contributed by atoms with Crippen molar-refractivity contribution in [1.82, 2.24) is 4.98 Å². The molecule has 0 saturated heterocycles. The van der Waals surface area contributed by atoms with Crippen molar-refractivity contribution in [3.8, 4) is 0 Å². The third-order valence-electron chi connectivity index (χ3n) is 2.72. The van der Waals surface area contributed by atoms with Gasteiger partial charge in [0.15, 0.2) is 0 Å². The van der Waals surface area contributed by atoms with E-state index in [0.29, 0.717) is 22.5 Å². The van der Waals surface area contributed by atoms with Crippen molar-refractivity contribution in [2.45, 2.75) is 18.2 Å². The van der Waals surface area contributed by atoms with Gasteiger partial charge in [-0.3, -0.25) is 4.72 Å². The van der Waals surface area contributed by atoms with Gasteiger partial charge in [0.05, 0.1) is 5.69 Å². The highest BCUT2D eigenvalue weighted by Crippen LogP contribution is 2.26. The second-order valence-electron chi connectivity index (χ2n) is 4.36. The van der Waals surface area contributed by atoms with E-state index in [1.54, 1.807) is 30.5 Å². The Morgan fingerprint density at radius 2 is 1.95 bits per heavy atom. The summed E-state index contributed by atoms with van der Waals surface area (Å²) in [6, 6.07) is 10.2. The van der Waals surface area contributed by atoms with Crippen molar-refractivity contribution in [1.29, 1.82) is 0 Å². The van der Waals surface area contributed by atoms with Gasteiger partial charge < -0.3 is 5.32 Å². The van der Waals surface area contributed by atoms with Gasteiger partial charge in [-0.15, -0.1) is 0 Å². The molecule has 7 heteroatoms. The standard InChI is InChI=1S/C14H16BrN3O2S/c1-2-9-16-14-13(8-5-10-17-14)21(19,20)18-12-7-4-3-6-11(12)15/h3-8,10,18H,2,9H2,1H3,(H,16,17). The number of nitrogens with zero attached hydrogens (tertiary/aromatic N) is 1. The van der Waals surface area contributed by atoms with Crippen LogP contribution in [0.4, 0.5) is 11.5 Å². The van der Waals surface area contributed by atoms with Crippen LogP contribution in [0.1, 0.15) is 13.3 Å². The normalized spacial score (nSPS) is 11.1. The Hall–Kier alpha value is -1.60. The molecule has 0 aliphatic carbocycles. The van der Waals surface area contributed by atoms with E-state index < -0.39 is 10.0 Å². The van der Waals surface area contributed by atoms with Gasteiger partial charge in [0.25, 0.3) is 10.0 Å². The van der Waals surface area contributed by atoms with E-state index in [2.05, 4.69) is 31.0 Å². The summed E-state index contributed by atoms with van der Waals surface area (Å²) in [5, 5.41) is 3.03. The van der Waals surface area contributed by atoms with Gasteiger partial charge in [0.2, 0.25) is 0 Å². The van der Waals surface area contributed by atoms with E-state index in [-0.39, 0.29) is 4.90 Å². The Balaban J connectivity index is 2.34. The summed E-state index contributed by atoms with van der Waals surface area (Å²) in [7, 11) is -3.70. The predicted molar refractivity (Wildman–Crippen MR) is 88.0 cm³/mol. The van der Waals surface area contributed by atoms with Gasteiger partial charge in [-0.25, -0.2) is 13.4 Å². The predicted octanol–water partition coefficient (Wildman–Crippen LogP) is 3.47. The number of pyridine rings is 1. The number of benzene rings is 1. The molecule has 0 unspecified atom stereocenters. The second-order valence-corrected chi connectivity index (χ2v) is 6.87. The fourth-order valence-electron chi connectivity index (χ4n) is 1.73. The largest absolute Gasteiger partial charge is 0.369 e. The zero-order chi connectivity index (χ0) is 15.3. The highest BCUT2D eigenvalue weighted by molar-refractivity contribution is 9.10. The average molecular weight is 370 g/mol. The third-order valence-corrected chi connectivity index (χ3v) is 4.81. The van der Waals surface area contributed by atoms with Gasteiger partial charge in [-0.2, -0.15) is 0 Å². The van der Waals surface area contributed by atoms with Crippen LogP contribution in [0.3, 0.4) is 0 Å². The minimum Gasteiger partial charge on any atom is -0.369 e. The third kappa shape index (κ3) is 3.95. The summed E-state index contributed by atoms with van der Waals surface area (Å²) < 4.78 is 28.3. The van der Waals surface area contributed by atoms with Crippen LogP contribution in [0.15, 0.2) is 52.0 Å². The molecule has 5 nitrogen and oxygen atoms in total. The molecule has 2 N–H and O–H groups in total. The molecule has 0 atom stereocenters. The van der Waals surface area contributed by atoms with E-state index in [4.69, 9.17) is 0 Å². The molecule has 0 bridgehead atoms. The molecular formula is C14H16BrN3O2S. The van der Waals surface area contributed by atoms with Crippen LogP contribution >= 0.6 is 15.9 Å². The Kier molecular flexibility index (Phi) is 5.19. The highest BCUT2D eigenvalue weighted by atomic mass is 79.9. The SMILES string of the molecule is CCCNc1ncccc1S(=O)(=O)Nc1ccccc1Br. The van der Waals surface area contributed by atoms with Gasteiger partial charge in [-0.05, 0) is 46.6 Å². The van der Waals surface area contributed by atoms with Gasteiger partial charge in [-0.1, -0.05) is 19.1 Å². The van der Waals surface area contributed by atoms with Gasteiger partial charge in [0, 0.05) is 17.2 Å². The minimum absolute atomic E-state index is 0.134. The van der Waals surface area contributed by atoms with E-state index >= 15 is 0 Å². The summed E-state index contributed by atoms with van der Waals surface area (Å²) in [5.74, 6) is 0.360. The minimum atomic E-state index is -3.70. The smallest absolute Gasteiger partial charge is 0.265 e. The van der Waals surface area contributed by atoms with Crippen molar-refractivity contribution >= 4 is 37.5 Å². The summed E-state index contributed by atoms with van der Waals surface area (Å²) >= 11 is 3.32. The molecule has 0 amide bonds. The van der Waals surface area contributed by atoms with Crippen LogP contribution in [0.25, 0.3) is 0 Å². The number of nitrogens with one attached hydrogen (secondary N) is 2. The molecule has 1 aromatic carbocycles. The zero-order valence-electron chi connectivity index (χ0n) is 11.5. The highest BCUT2D eigenvalue weighted by Gasteiger charge is 2.20. The average Bonchev–Trinajstić information content (AvgIpc) is 2.47. The summed E-state index contributed by atoms with van der Waals surface area (Å²) in [4.78, 5) is 4.24. The van der Waals surface area contributed by atoms with E-state index in [1.165, 1.54) is 6.07 Å². The number of halogens is 1. The molecule has 0 fully saturated rings. The number of anilines is 2. The quantitative estimate of drug-likeness (QED) is 0.817. The Bertz CT molecular complexity index is 720. The monoisotopic (exact) mass is 369 g/mol. The maximum atomic E-state index is 12.5. The lowest BCUT2D eigenvalue weighted by Crippen LogP contribution is -2.16. The first-order chi connectivity index (χ1) is 10.0. The number of rotatable bonds is 6. The molecule has 1 heterocycles. The number of para-hydroxylation sites is 1. The lowest BCUT2D eigenvalue weighted by atomic mass is 10.3. The molecule has 0 aliphatic rings. The van der Waals surface area contributed by atoms with Crippen LogP contribution in [-0.2, 0) is 10.0 Å². The lowest BCUT2D eigenvalue weighted by molar-refractivity contribution is 0.601. The maximum Gasteiger partial charge on any atom is 0.265 e. The second kappa shape index (κ2) is 6.91. The van der Waals surface area contributed by atoms with E-state index in [1.807, 2.05) is 13.0 Å². The van der Waals surface area contributed by atoms with Crippen LogP contribution < -0.4 is 10.0 Å². The number of hydrogen-bond donors (Lipinski definition) is 2. The molecule has 1 aromatic heterocycles. The molecule has 0 radical (unpaired) electrons. The van der Waals surface area contributed by atoms with Crippen molar-refractivity contribution in [3.63, 3.8) is 0 Å². The number of aromatic nitrogens is 1. The Morgan fingerprint density at radius 3 is 2.67 bits per heavy atom. The molecule has 21 heavy (non-hydrogen) atoms. The molecule has 2 aromatic rings. The molecule has 2 rings (SSSR count). The fourth-order valence-corrected chi connectivity index (χ4v) is 3.46. The van der Waals surface area contributed by atoms with Crippen molar-refractivity contribution in [3.05, 3.63) is 47.1 Å². The zero-order valence-corrected chi connectivity index (χ0v) is 13.9. The molecule has 0 aliphatic heterocycles. The van der Waals surface area contributed by atoms with Crippen molar-refractivity contribution < 1.29 is 8.42 Å². The van der Waals surface area contributed by atoms with Gasteiger partial charge >= 0.3 is 0 Å².